The second-order valence-electron chi connectivity index (χ2n) is 1.08. The van der Waals surface area contributed by atoms with Crippen LogP contribution in [-0.4, -0.2) is 12.3 Å². The van der Waals surface area contributed by atoms with Crippen molar-refractivity contribution in [3.8, 4) is 0 Å². The molecule has 4 nitrogen and oxygen atoms in total. The minimum atomic E-state index is -0.523. The van der Waals surface area contributed by atoms with Crippen LogP contribution in [0.4, 0.5) is 0 Å². The molecule has 0 saturated heterocycles. The van der Waals surface area contributed by atoms with Crippen molar-refractivity contribution in [2.45, 2.75) is 13.0 Å². The van der Waals surface area contributed by atoms with Crippen LogP contribution in [0.15, 0.2) is 5.11 Å². The molecule has 0 bridgehead atoms. The summed E-state index contributed by atoms with van der Waals surface area (Å²) in [7, 11) is 0. The first kappa shape index (κ1) is 5.98. The highest BCUT2D eigenvalue weighted by Crippen LogP contribution is 1.80. The molecule has 0 aromatic carbocycles. The van der Waals surface area contributed by atoms with E-state index in [4.69, 9.17) is 5.53 Å². The predicted molar refractivity (Wildman–Crippen MR) is 24.7 cm³/mol. The minimum Gasteiger partial charge on any atom is -0.303 e. The molecule has 1 atom stereocenters. The molecule has 0 aliphatic heterocycles. The third-order valence-corrected chi connectivity index (χ3v) is 0.431. The van der Waals surface area contributed by atoms with Gasteiger partial charge in [-0.3, -0.25) is 0 Å². The fraction of sp³-hybridized carbons (Fsp3) is 0.667. The van der Waals surface area contributed by atoms with Crippen molar-refractivity contribution in [3.05, 3.63) is 10.4 Å². The molecule has 0 heterocycles. The Balaban J connectivity index is 3.56. The summed E-state index contributed by atoms with van der Waals surface area (Å²) in [6, 6.07) is -0.523. The van der Waals surface area contributed by atoms with Crippen molar-refractivity contribution in [1.82, 2.24) is 0 Å². The first-order chi connectivity index (χ1) is 3.31. The molecule has 0 rings (SSSR count). The third-order valence-electron chi connectivity index (χ3n) is 0.431. The first-order valence-corrected chi connectivity index (χ1v) is 1.80. The van der Waals surface area contributed by atoms with Gasteiger partial charge in [-0.15, -0.1) is 0 Å². The zero-order chi connectivity index (χ0) is 5.70. The molecule has 0 unspecified atom stereocenters. The molecule has 0 aromatic rings. The zero-order valence-electron chi connectivity index (χ0n) is 3.90. The molecule has 0 fully saturated rings. The fourth-order valence-corrected chi connectivity index (χ4v) is 0.109. The Morgan fingerprint density at radius 2 is 2.57 bits per heavy atom. The Bertz CT molecular complexity index is 105. The summed E-state index contributed by atoms with van der Waals surface area (Å²) in [5.74, 6) is 0. The Morgan fingerprint density at radius 3 is 2.71 bits per heavy atom. The van der Waals surface area contributed by atoms with Crippen molar-refractivity contribution in [1.29, 1.82) is 0 Å². The van der Waals surface area contributed by atoms with E-state index in [1.807, 2.05) is 0 Å². The van der Waals surface area contributed by atoms with E-state index in [0.717, 1.165) is 0 Å². The number of nitrogens with zero attached hydrogens (tertiary/aromatic N) is 3. The van der Waals surface area contributed by atoms with Gasteiger partial charge in [0.25, 0.3) is 0 Å². The van der Waals surface area contributed by atoms with Crippen molar-refractivity contribution in [3.63, 3.8) is 0 Å². The minimum absolute atomic E-state index is 0.523. The number of hydrogen-bond donors (Lipinski definition) is 0. The molecule has 0 N–H and O–H groups in total. The number of carbonyl (C=O) groups is 1. The van der Waals surface area contributed by atoms with Crippen LogP contribution >= 0.6 is 0 Å². The Kier molecular flexibility index (Phi) is 2.72. The number of aldehydes is 1. The molecular weight excluding hydrogens is 94.1 g/mol. The lowest BCUT2D eigenvalue weighted by atomic mass is 10.4. The van der Waals surface area contributed by atoms with E-state index in [-0.39, 0.29) is 0 Å². The van der Waals surface area contributed by atoms with Crippen LogP contribution in [0.25, 0.3) is 10.4 Å². The number of rotatable bonds is 2. The fourth-order valence-electron chi connectivity index (χ4n) is 0.109. The Morgan fingerprint density at radius 1 is 2.00 bits per heavy atom. The molecule has 0 amide bonds. The van der Waals surface area contributed by atoms with Crippen molar-refractivity contribution in [2.75, 3.05) is 0 Å². The van der Waals surface area contributed by atoms with Gasteiger partial charge in [-0.2, -0.15) is 0 Å². The molecule has 7 heavy (non-hydrogen) atoms. The molecule has 0 aliphatic carbocycles. The monoisotopic (exact) mass is 99.0 g/mol. The van der Waals surface area contributed by atoms with Crippen LogP contribution in [0.5, 0.6) is 0 Å². The van der Waals surface area contributed by atoms with Gasteiger partial charge in [0.1, 0.15) is 6.29 Å². The van der Waals surface area contributed by atoms with Gasteiger partial charge < -0.3 is 4.79 Å². The van der Waals surface area contributed by atoms with E-state index < -0.39 is 6.04 Å². The topological polar surface area (TPSA) is 65.8 Å². The summed E-state index contributed by atoms with van der Waals surface area (Å²) in [5.41, 5.74) is 7.67. The molecule has 4 heteroatoms. The SMILES string of the molecule is C[C@@H](C=O)N=[N+]=[N-]. The Labute approximate surface area is 40.8 Å². The molecule has 0 aliphatic rings. The first-order valence-electron chi connectivity index (χ1n) is 1.80. The summed E-state index contributed by atoms with van der Waals surface area (Å²) in [4.78, 5) is 12.0. The summed E-state index contributed by atoms with van der Waals surface area (Å²) < 4.78 is 0. The van der Waals surface area contributed by atoms with E-state index in [0.29, 0.717) is 6.29 Å². The highest BCUT2D eigenvalue weighted by molar-refractivity contribution is 5.56. The largest absolute Gasteiger partial charge is 0.303 e. The lowest BCUT2D eigenvalue weighted by Crippen LogP contribution is -1.94. The third kappa shape index (κ3) is 2.79. The number of hydrogen-bond acceptors (Lipinski definition) is 2. The van der Waals surface area contributed by atoms with Gasteiger partial charge in [0, 0.05) is 4.91 Å². The smallest absolute Gasteiger partial charge is 0.128 e. The highest BCUT2D eigenvalue weighted by atomic mass is 16.1. The van der Waals surface area contributed by atoms with E-state index in [1.165, 1.54) is 6.92 Å². The van der Waals surface area contributed by atoms with Gasteiger partial charge in [0.15, 0.2) is 0 Å². The quantitative estimate of drug-likeness (QED) is 0.219. The van der Waals surface area contributed by atoms with E-state index in [9.17, 15) is 4.79 Å². The lowest BCUT2D eigenvalue weighted by Gasteiger charge is -1.81. The maximum atomic E-state index is 9.63. The van der Waals surface area contributed by atoms with E-state index in [2.05, 4.69) is 10.0 Å². The summed E-state index contributed by atoms with van der Waals surface area (Å²) in [6.07, 6.45) is 0.583. The van der Waals surface area contributed by atoms with Gasteiger partial charge in [0.2, 0.25) is 0 Å². The van der Waals surface area contributed by atoms with Crippen molar-refractivity contribution >= 4 is 6.29 Å². The average Bonchev–Trinajstić information content (AvgIpc) is 1.68. The lowest BCUT2D eigenvalue weighted by molar-refractivity contribution is -0.108. The van der Waals surface area contributed by atoms with Crippen LogP contribution in [-0.2, 0) is 4.79 Å². The van der Waals surface area contributed by atoms with Gasteiger partial charge >= 0.3 is 0 Å². The van der Waals surface area contributed by atoms with Gasteiger partial charge in [0.05, 0.1) is 6.04 Å². The zero-order valence-corrected chi connectivity index (χ0v) is 3.90. The summed E-state index contributed by atoms with van der Waals surface area (Å²) >= 11 is 0. The van der Waals surface area contributed by atoms with Gasteiger partial charge in [-0.25, -0.2) is 0 Å². The maximum absolute atomic E-state index is 9.63. The molecule has 0 radical (unpaired) electrons. The predicted octanol–water partition coefficient (Wildman–Crippen LogP) is 0.884. The molecule has 0 aromatic heterocycles. The molecule has 0 saturated carbocycles. The number of carbonyl (C=O) groups excluding carboxylic acids is 1. The van der Waals surface area contributed by atoms with E-state index in [1.54, 1.807) is 0 Å². The normalized spacial score (nSPS) is 11.6. The van der Waals surface area contributed by atoms with Crippen LogP contribution in [0.1, 0.15) is 6.92 Å². The second kappa shape index (κ2) is 3.18. The summed E-state index contributed by atoms with van der Waals surface area (Å²) in [6.45, 7) is 1.52. The maximum Gasteiger partial charge on any atom is 0.128 e. The van der Waals surface area contributed by atoms with E-state index >= 15 is 0 Å². The number of azide groups is 1. The van der Waals surface area contributed by atoms with Crippen LogP contribution < -0.4 is 0 Å². The average molecular weight is 99.1 g/mol. The van der Waals surface area contributed by atoms with Crippen LogP contribution in [0.2, 0.25) is 0 Å². The molecule has 38 valence electrons. The van der Waals surface area contributed by atoms with Crippen LogP contribution in [0.3, 0.4) is 0 Å². The van der Waals surface area contributed by atoms with Crippen molar-refractivity contribution < 1.29 is 4.79 Å². The standard InChI is InChI=1S/C3H5N3O/c1-3(2-7)5-6-4/h2-3H,1H3/t3-/m0/s1. The Hall–Kier alpha value is -1.02. The molecular formula is C3H5N3O. The second-order valence-corrected chi connectivity index (χ2v) is 1.08. The van der Waals surface area contributed by atoms with Crippen molar-refractivity contribution in [2.24, 2.45) is 5.11 Å². The summed E-state index contributed by atoms with van der Waals surface area (Å²) in [5, 5.41) is 3.06. The van der Waals surface area contributed by atoms with Gasteiger partial charge in [-0.1, -0.05) is 12.0 Å². The molecule has 0 spiro atoms. The highest BCUT2D eigenvalue weighted by Gasteiger charge is 1.88. The van der Waals surface area contributed by atoms with Crippen LogP contribution in [0, 0.1) is 0 Å². The van der Waals surface area contributed by atoms with Gasteiger partial charge in [-0.05, 0) is 5.53 Å².